The third-order valence-corrected chi connectivity index (χ3v) is 5.68. The molecular formula is C24H24N4O4. The summed E-state index contributed by atoms with van der Waals surface area (Å²) in [6.45, 7) is 0.195. The number of hydrogen-bond donors (Lipinski definition) is 3. The van der Waals surface area contributed by atoms with Crippen LogP contribution in [0.1, 0.15) is 34.3 Å². The number of carbonyl (C=O) groups excluding carboxylic acids is 4. The lowest BCUT2D eigenvalue weighted by atomic mass is 10.0. The van der Waals surface area contributed by atoms with Crippen molar-refractivity contribution in [2.75, 3.05) is 7.05 Å². The molecule has 0 aliphatic carbocycles. The van der Waals surface area contributed by atoms with E-state index in [0.717, 1.165) is 22.0 Å². The summed E-state index contributed by atoms with van der Waals surface area (Å²) in [4.78, 5) is 53.3. The van der Waals surface area contributed by atoms with Gasteiger partial charge in [0.25, 0.3) is 5.91 Å². The molecular weight excluding hydrogens is 408 g/mol. The number of likely N-dealkylation sites (tertiary alicyclic amines) is 1. The molecule has 32 heavy (non-hydrogen) atoms. The standard InChI is InChI=1S/C24H24N4O4/c1-25-24(32)20(12-17-13-26-19-5-3-2-4-18(17)19)27-23(31)16-8-6-15(7-9-16)14-28-21(29)10-11-22(28)30/h2-9,13,20,26H,10-12,14H2,1H3,(H,25,32)(H,27,31)/t20-/m0/s1. The number of nitrogens with zero attached hydrogens (tertiary/aromatic N) is 1. The first-order valence-corrected chi connectivity index (χ1v) is 10.5. The molecule has 2 heterocycles. The van der Waals surface area contributed by atoms with Gasteiger partial charge >= 0.3 is 0 Å². The number of aromatic amines is 1. The minimum Gasteiger partial charge on any atom is -0.361 e. The number of rotatable bonds is 7. The molecule has 0 bridgehead atoms. The van der Waals surface area contributed by atoms with Crippen molar-refractivity contribution in [2.24, 2.45) is 0 Å². The third-order valence-electron chi connectivity index (χ3n) is 5.68. The maximum atomic E-state index is 12.8. The van der Waals surface area contributed by atoms with E-state index in [1.54, 1.807) is 24.3 Å². The first kappa shape index (κ1) is 21.3. The van der Waals surface area contributed by atoms with Crippen molar-refractivity contribution in [3.05, 3.63) is 71.4 Å². The number of para-hydroxylation sites is 1. The summed E-state index contributed by atoms with van der Waals surface area (Å²) < 4.78 is 0. The van der Waals surface area contributed by atoms with Crippen molar-refractivity contribution in [2.45, 2.75) is 31.8 Å². The van der Waals surface area contributed by atoms with Crippen LogP contribution in [0.25, 0.3) is 10.9 Å². The molecule has 0 unspecified atom stereocenters. The van der Waals surface area contributed by atoms with E-state index < -0.39 is 6.04 Å². The van der Waals surface area contributed by atoms with Gasteiger partial charge in [-0.25, -0.2) is 0 Å². The van der Waals surface area contributed by atoms with Crippen molar-refractivity contribution in [1.82, 2.24) is 20.5 Å². The molecule has 1 aliphatic heterocycles. The van der Waals surface area contributed by atoms with Gasteiger partial charge < -0.3 is 15.6 Å². The third kappa shape index (κ3) is 4.39. The molecule has 1 saturated heterocycles. The van der Waals surface area contributed by atoms with E-state index in [9.17, 15) is 19.2 Å². The number of benzene rings is 2. The van der Waals surface area contributed by atoms with Crippen LogP contribution in [-0.2, 0) is 27.3 Å². The second-order valence-electron chi connectivity index (χ2n) is 7.77. The summed E-state index contributed by atoms with van der Waals surface area (Å²) in [7, 11) is 1.53. The highest BCUT2D eigenvalue weighted by Crippen LogP contribution is 2.20. The van der Waals surface area contributed by atoms with Crippen LogP contribution in [0, 0.1) is 0 Å². The molecule has 3 aromatic rings. The van der Waals surface area contributed by atoms with E-state index >= 15 is 0 Å². The van der Waals surface area contributed by atoms with Crippen LogP contribution in [0.2, 0.25) is 0 Å². The van der Waals surface area contributed by atoms with Gasteiger partial charge in [0.1, 0.15) is 6.04 Å². The zero-order valence-electron chi connectivity index (χ0n) is 17.7. The molecule has 1 fully saturated rings. The topological polar surface area (TPSA) is 111 Å². The zero-order chi connectivity index (χ0) is 22.7. The van der Waals surface area contributed by atoms with Crippen molar-refractivity contribution >= 4 is 34.5 Å². The van der Waals surface area contributed by atoms with Crippen molar-refractivity contribution < 1.29 is 19.2 Å². The predicted octanol–water partition coefficient (Wildman–Crippen LogP) is 1.90. The minimum atomic E-state index is -0.744. The molecule has 0 saturated carbocycles. The molecule has 1 atom stereocenters. The molecule has 2 aromatic carbocycles. The molecule has 164 valence electrons. The van der Waals surface area contributed by atoms with E-state index in [2.05, 4.69) is 15.6 Å². The number of H-pyrrole nitrogens is 1. The Labute approximate surface area is 185 Å². The Balaban J connectivity index is 1.45. The number of fused-ring (bicyclic) bond motifs is 1. The van der Waals surface area contributed by atoms with E-state index in [1.165, 1.54) is 11.9 Å². The number of likely N-dealkylation sites (N-methyl/N-ethyl adjacent to an activating group) is 1. The second kappa shape index (κ2) is 9.05. The number of carbonyl (C=O) groups is 4. The quantitative estimate of drug-likeness (QED) is 0.495. The van der Waals surface area contributed by atoms with Crippen LogP contribution in [0.5, 0.6) is 0 Å². The number of hydrogen-bond acceptors (Lipinski definition) is 4. The number of imide groups is 1. The number of aromatic nitrogens is 1. The van der Waals surface area contributed by atoms with Gasteiger partial charge in [-0.1, -0.05) is 30.3 Å². The Morgan fingerprint density at radius 3 is 2.41 bits per heavy atom. The predicted molar refractivity (Wildman–Crippen MR) is 119 cm³/mol. The summed E-state index contributed by atoms with van der Waals surface area (Å²) >= 11 is 0. The van der Waals surface area contributed by atoms with Gasteiger partial charge in [-0.3, -0.25) is 24.1 Å². The zero-order valence-corrected chi connectivity index (χ0v) is 17.7. The Kier molecular flexibility index (Phi) is 6.02. The monoisotopic (exact) mass is 432 g/mol. The average molecular weight is 432 g/mol. The Morgan fingerprint density at radius 2 is 1.72 bits per heavy atom. The largest absolute Gasteiger partial charge is 0.361 e. The molecule has 1 aromatic heterocycles. The normalized spacial score (nSPS) is 14.6. The van der Waals surface area contributed by atoms with Crippen LogP contribution in [0.3, 0.4) is 0 Å². The van der Waals surface area contributed by atoms with Gasteiger partial charge in [-0.15, -0.1) is 0 Å². The van der Waals surface area contributed by atoms with Gasteiger partial charge in [-0.05, 0) is 29.3 Å². The molecule has 8 nitrogen and oxygen atoms in total. The molecule has 8 heteroatoms. The SMILES string of the molecule is CNC(=O)[C@H](Cc1c[nH]c2ccccc12)NC(=O)c1ccc(CN2C(=O)CCC2=O)cc1. The number of nitrogens with one attached hydrogen (secondary N) is 3. The van der Waals surface area contributed by atoms with Crippen LogP contribution >= 0.6 is 0 Å². The fourth-order valence-corrected chi connectivity index (χ4v) is 3.89. The summed E-state index contributed by atoms with van der Waals surface area (Å²) in [5, 5.41) is 6.42. The highest BCUT2D eigenvalue weighted by Gasteiger charge is 2.28. The lowest BCUT2D eigenvalue weighted by Crippen LogP contribution is -2.47. The first-order chi connectivity index (χ1) is 15.5. The van der Waals surface area contributed by atoms with Crippen LogP contribution in [0.15, 0.2) is 54.7 Å². The fraction of sp³-hybridized carbons (Fsp3) is 0.250. The van der Waals surface area contributed by atoms with Crippen molar-refractivity contribution in [3.8, 4) is 0 Å². The van der Waals surface area contributed by atoms with Gasteiger partial charge in [0, 0.05) is 49.0 Å². The maximum Gasteiger partial charge on any atom is 0.251 e. The molecule has 4 amide bonds. The summed E-state index contributed by atoms with van der Waals surface area (Å²) in [5.41, 5.74) is 3.05. The lowest BCUT2D eigenvalue weighted by molar-refractivity contribution is -0.139. The Hall–Kier alpha value is -3.94. The van der Waals surface area contributed by atoms with E-state index in [0.29, 0.717) is 12.0 Å². The molecule has 3 N–H and O–H groups in total. The Morgan fingerprint density at radius 1 is 1.03 bits per heavy atom. The molecule has 0 spiro atoms. The highest BCUT2D eigenvalue weighted by atomic mass is 16.2. The van der Waals surface area contributed by atoms with Crippen molar-refractivity contribution in [3.63, 3.8) is 0 Å². The van der Waals surface area contributed by atoms with Crippen LogP contribution < -0.4 is 10.6 Å². The van der Waals surface area contributed by atoms with E-state index in [-0.39, 0.29) is 43.0 Å². The van der Waals surface area contributed by atoms with Crippen molar-refractivity contribution in [1.29, 1.82) is 0 Å². The van der Waals surface area contributed by atoms with Gasteiger partial charge in [0.2, 0.25) is 17.7 Å². The van der Waals surface area contributed by atoms with E-state index in [4.69, 9.17) is 0 Å². The second-order valence-corrected chi connectivity index (χ2v) is 7.77. The average Bonchev–Trinajstić information content (AvgIpc) is 3.36. The minimum absolute atomic E-state index is 0.178. The fourth-order valence-electron chi connectivity index (χ4n) is 3.89. The van der Waals surface area contributed by atoms with Gasteiger partial charge in [0.15, 0.2) is 0 Å². The van der Waals surface area contributed by atoms with Gasteiger partial charge in [-0.2, -0.15) is 0 Å². The van der Waals surface area contributed by atoms with Crippen LogP contribution in [-0.4, -0.2) is 46.6 Å². The van der Waals surface area contributed by atoms with Gasteiger partial charge in [0.05, 0.1) is 6.54 Å². The number of amides is 4. The Bertz CT molecular complexity index is 1170. The summed E-state index contributed by atoms with van der Waals surface area (Å²) in [6.07, 6.45) is 2.68. The lowest BCUT2D eigenvalue weighted by Gasteiger charge is -2.18. The maximum absolute atomic E-state index is 12.8. The van der Waals surface area contributed by atoms with Crippen LogP contribution in [0.4, 0.5) is 0 Å². The summed E-state index contributed by atoms with van der Waals surface area (Å²) in [6, 6.07) is 13.7. The van der Waals surface area contributed by atoms with E-state index in [1.807, 2.05) is 30.5 Å². The smallest absolute Gasteiger partial charge is 0.251 e. The molecule has 0 radical (unpaired) electrons. The molecule has 1 aliphatic rings. The highest BCUT2D eigenvalue weighted by molar-refractivity contribution is 6.02. The first-order valence-electron chi connectivity index (χ1n) is 10.5. The molecule has 4 rings (SSSR count). The summed E-state index contributed by atoms with van der Waals surface area (Å²) in [5.74, 6) is -1.02.